The number of nitrogens with two attached hydrogens (primary N) is 1. The number of benzene rings is 2. The van der Waals surface area contributed by atoms with E-state index in [9.17, 15) is 13.2 Å². The number of hydrogen-bond donors (Lipinski definition) is 2. The molecule has 0 fully saturated rings. The van der Waals surface area contributed by atoms with Crippen LogP contribution in [-0.4, -0.2) is 34.5 Å². The fourth-order valence-electron chi connectivity index (χ4n) is 2.07. The molecule has 25 heavy (non-hydrogen) atoms. The molecule has 0 saturated heterocycles. The molecule has 2 aromatic carbocycles. The molecule has 0 bridgehead atoms. The van der Waals surface area contributed by atoms with E-state index in [-0.39, 0.29) is 17.3 Å². The third-order valence-electron chi connectivity index (χ3n) is 3.24. The number of sulfonamides is 1. The van der Waals surface area contributed by atoms with E-state index in [2.05, 4.69) is 20.7 Å². The molecule has 0 unspecified atom stereocenters. The molecule has 0 aliphatic rings. The summed E-state index contributed by atoms with van der Waals surface area (Å²) in [6, 6.07) is 14.8. The molecule has 3 rings (SSSR count). The van der Waals surface area contributed by atoms with Crippen molar-refractivity contribution in [1.82, 2.24) is 20.2 Å². The highest BCUT2D eigenvalue weighted by molar-refractivity contribution is 7.89. The number of carbonyl (C=O) groups excluding carboxylic acids is 1. The van der Waals surface area contributed by atoms with Gasteiger partial charge in [0.15, 0.2) is 0 Å². The Morgan fingerprint density at radius 2 is 1.76 bits per heavy atom. The number of nitrogens with zero attached hydrogens (tertiary/aromatic N) is 4. The van der Waals surface area contributed by atoms with Gasteiger partial charge in [-0.05, 0) is 29.5 Å². The molecular weight excluding hydrogens is 344 g/mol. The van der Waals surface area contributed by atoms with Gasteiger partial charge < -0.3 is 5.32 Å². The highest BCUT2D eigenvalue weighted by atomic mass is 32.2. The number of aromatic nitrogens is 4. The summed E-state index contributed by atoms with van der Waals surface area (Å²) in [6.45, 7) is -0.128. The Balaban J connectivity index is 1.64. The van der Waals surface area contributed by atoms with Crippen molar-refractivity contribution >= 4 is 21.6 Å². The second-order valence-electron chi connectivity index (χ2n) is 5.13. The fourth-order valence-corrected chi connectivity index (χ4v) is 2.59. The van der Waals surface area contributed by atoms with Crippen LogP contribution in [0.15, 0.2) is 59.5 Å². The zero-order chi connectivity index (χ0) is 17.9. The highest BCUT2D eigenvalue weighted by Gasteiger charge is 2.11. The Hall–Kier alpha value is -3.11. The van der Waals surface area contributed by atoms with E-state index < -0.39 is 10.0 Å². The molecule has 128 valence electrons. The molecule has 0 saturated carbocycles. The molecule has 0 spiro atoms. The topological polar surface area (TPSA) is 133 Å². The Bertz CT molecular complexity index is 984. The van der Waals surface area contributed by atoms with Gasteiger partial charge in [0.05, 0.1) is 4.90 Å². The Morgan fingerprint density at radius 1 is 1.08 bits per heavy atom. The molecule has 1 heterocycles. The highest BCUT2D eigenvalue weighted by Crippen LogP contribution is 2.13. The van der Waals surface area contributed by atoms with Gasteiger partial charge >= 0.3 is 0 Å². The molecule has 3 N–H and O–H groups in total. The fraction of sp³-hybridized carbons (Fsp3) is 0.0667. The molecule has 9 nitrogen and oxygen atoms in total. The van der Waals surface area contributed by atoms with E-state index in [1.54, 1.807) is 0 Å². The predicted molar refractivity (Wildman–Crippen MR) is 89.7 cm³/mol. The van der Waals surface area contributed by atoms with Crippen molar-refractivity contribution in [2.45, 2.75) is 11.4 Å². The molecule has 0 atom stereocenters. The first kappa shape index (κ1) is 16.7. The predicted octanol–water partition coefficient (Wildman–Crippen LogP) is 0.626. The number of carbonyl (C=O) groups is 1. The van der Waals surface area contributed by atoms with Crippen molar-refractivity contribution in [3.05, 3.63) is 54.6 Å². The van der Waals surface area contributed by atoms with Crippen molar-refractivity contribution in [3.8, 4) is 11.4 Å². The van der Waals surface area contributed by atoms with E-state index in [1.165, 1.54) is 29.1 Å². The maximum Gasteiger partial charge on any atom is 0.248 e. The maximum atomic E-state index is 12.0. The standard InChI is InChI=1S/C15H14N6O3S/c16-25(23,24)13-8-6-12(7-9-13)17-14(22)10-21-19-15(18-20-21)11-4-2-1-3-5-11/h1-9H,10H2,(H,17,22)(H2,16,23,24). The van der Waals surface area contributed by atoms with E-state index >= 15 is 0 Å². The molecular formula is C15H14N6O3S. The van der Waals surface area contributed by atoms with Crippen molar-refractivity contribution < 1.29 is 13.2 Å². The lowest BCUT2D eigenvalue weighted by Crippen LogP contribution is -2.20. The lowest BCUT2D eigenvalue weighted by Gasteiger charge is -2.05. The van der Waals surface area contributed by atoms with Crippen LogP contribution < -0.4 is 10.5 Å². The Morgan fingerprint density at radius 3 is 2.40 bits per heavy atom. The van der Waals surface area contributed by atoms with Crippen molar-refractivity contribution in [3.63, 3.8) is 0 Å². The van der Waals surface area contributed by atoms with Gasteiger partial charge in [-0.3, -0.25) is 4.79 Å². The lowest BCUT2D eigenvalue weighted by molar-refractivity contribution is -0.117. The SMILES string of the molecule is NS(=O)(=O)c1ccc(NC(=O)Cn2nnc(-c3ccccc3)n2)cc1. The van der Waals surface area contributed by atoms with E-state index in [0.29, 0.717) is 11.5 Å². The maximum absolute atomic E-state index is 12.0. The minimum atomic E-state index is -3.77. The summed E-state index contributed by atoms with van der Waals surface area (Å²) in [6.07, 6.45) is 0. The van der Waals surface area contributed by atoms with Gasteiger partial charge in [0.1, 0.15) is 6.54 Å². The quantitative estimate of drug-likeness (QED) is 0.687. The molecule has 0 radical (unpaired) electrons. The lowest BCUT2D eigenvalue weighted by atomic mass is 10.2. The number of anilines is 1. The first-order valence-electron chi connectivity index (χ1n) is 7.18. The normalized spacial score (nSPS) is 11.2. The molecule has 1 amide bonds. The van der Waals surface area contributed by atoms with Gasteiger partial charge in [-0.15, -0.1) is 10.2 Å². The van der Waals surface area contributed by atoms with Gasteiger partial charge in [-0.1, -0.05) is 30.3 Å². The number of primary sulfonamides is 1. The number of nitrogens with one attached hydrogen (secondary N) is 1. The molecule has 0 aliphatic carbocycles. The summed E-state index contributed by atoms with van der Waals surface area (Å²) in [4.78, 5) is 13.2. The summed E-state index contributed by atoms with van der Waals surface area (Å²) >= 11 is 0. The van der Waals surface area contributed by atoms with Crippen LogP contribution in [0.4, 0.5) is 5.69 Å². The molecule has 3 aromatic rings. The smallest absolute Gasteiger partial charge is 0.248 e. The van der Waals surface area contributed by atoms with Gasteiger partial charge in [0.25, 0.3) is 0 Å². The number of tetrazole rings is 1. The number of rotatable bonds is 5. The molecule has 10 heteroatoms. The molecule has 0 aliphatic heterocycles. The van der Waals surface area contributed by atoms with Gasteiger partial charge in [0, 0.05) is 11.3 Å². The minimum Gasteiger partial charge on any atom is -0.324 e. The minimum absolute atomic E-state index is 0.0315. The van der Waals surface area contributed by atoms with Gasteiger partial charge in [-0.2, -0.15) is 4.80 Å². The largest absolute Gasteiger partial charge is 0.324 e. The first-order valence-corrected chi connectivity index (χ1v) is 8.72. The molecule has 1 aromatic heterocycles. The van der Waals surface area contributed by atoms with E-state index in [4.69, 9.17) is 5.14 Å². The van der Waals surface area contributed by atoms with Crippen LogP contribution in [-0.2, 0) is 21.4 Å². The average molecular weight is 358 g/mol. The van der Waals surface area contributed by atoms with E-state index in [0.717, 1.165) is 5.56 Å². The zero-order valence-electron chi connectivity index (χ0n) is 12.9. The van der Waals surface area contributed by atoms with Crippen LogP contribution >= 0.6 is 0 Å². The van der Waals surface area contributed by atoms with Gasteiger partial charge in [0.2, 0.25) is 21.8 Å². The summed E-state index contributed by atoms with van der Waals surface area (Å²) in [5.41, 5.74) is 1.23. The summed E-state index contributed by atoms with van der Waals surface area (Å²) in [7, 11) is -3.77. The second-order valence-corrected chi connectivity index (χ2v) is 6.69. The zero-order valence-corrected chi connectivity index (χ0v) is 13.7. The Labute approximate surface area is 143 Å². The average Bonchev–Trinajstić information content (AvgIpc) is 3.03. The third kappa shape index (κ3) is 4.25. The number of hydrogen-bond acceptors (Lipinski definition) is 6. The van der Waals surface area contributed by atoms with Crippen LogP contribution in [0, 0.1) is 0 Å². The summed E-state index contributed by atoms with van der Waals surface area (Å²) in [5, 5.41) is 19.5. The van der Waals surface area contributed by atoms with Crippen LogP contribution in [0.1, 0.15) is 0 Å². The Kier molecular flexibility index (Phi) is 4.55. The van der Waals surface area contributed by atoms with Crippen LogP contribution in [0.3, 0.4) is 0 Å². The second kappa shape index (κ2) is 6.79. The first-order chi connectivity index (χ1) is 11.9. The van der Waals surface area contributed by atoms with Crippen molar-refractivity contribution in [2.75, 3.05) is 5.32 Å². The van der Waals surface area contributed by atoms with E-state index in [1.807, 2.05) is 30.3 Å². The summed E-state index contributed by atoms with van der Waals surface area (Å²) in [5.74, 6) is 0.0475. The number of amides is 1. The van der Waals surface area contributed by atoms with Crippen LogP contribution in [0.2, 0.25) is 0 Å². The van der Waals surface area contributed by atoms with Crippen LogP contribution in [0.25, 0.3) is 11.4 Å². The van der Waals surface area contributed by atoms with Crippen LogP contribution in [0.5, 0.6) is 0 Å². The van der Waals surface area contributed by atoms with Gasteiger partial charge in [-0.25, -0.2) is 13.6 Å². The monoisotopic (exact) mass is 358 g/mol. The van der Waals surface area contributed by atoms with Crippen molar-refractivity contribution in [2.24, 2.45) is 5.14 Å². The summed E-state index contributed by atoms with van der Waals surface area (Å²) < 4.78 is 22.4. The van der Waals surface area contributed by atoms with Crippen molar-refractivity contribution in [1.29, 1.82) is 0 Å². The third-order valence-corrected chi connectivity index (χ3v) is 4.17.